The molecule has 0 spiro atoms. The molecular weight excluding hydrogens is 356 g/mol. The Hall–Kier alpha value is -3.29. The topological polar surface area (TPSA) is 77.2 Å². The lowest BCUT2D eigenvalue weighted by atomic mass is 10.2. The standard InChI is InChI=1S/C19H17F2N3O3/c1-11(2)18-23-19(27-24-18)12-3-5-16(6-4-12)26-10-17(25)22-15-8-13(20)7-14(21)9-15/h3-9,11H,10H2,1-2H3,(H,22,25). The summed E-state index contributed by atoms with van der Waals surface area (Å²) in [5.74, 6) is -0.459. The zero-order chi connectivity index (χ0) is 19.4. The van der Waals surface area contributed by atoms with Crippen molar-refractivity contribution in [3.63, 3.8) is 0 Å². The molecule has 0 atom stereocenters. The molecule has 3 rings (SSSR count). The largest absolute Gasteiger partial charge is 0.484 e. The number of aromatic nitrogens is 2. The van der Waals surface area contributed by atoms with E-state index >= 15 is 0 Å². The predicted molar refractivity (Wildman–Crippen MR) is 94.3 cm³/mol. The van der Waals surface area contributed by atoms with Crippen molar-refractivity contribution in [3.05, 3.63) is 59.9 Å². The average molecular weight is 373 g/mol. The summed E-state index contributed by atoms with van der Waals surface area (Å²) in [6, 6.07) is 9.53. The molecule has 0 fully saturated rings. The van der Waals surface area contributed by atoms with E-state index in [4.69, 9.17) is 9.26 Å². The highest BCUT2D eigenvalue weighted by Gasteiger charge is 2.12. The van der Waals surface area contributed by atoms with Crippen LogP contribution in [0.5, 0.6) is 5.75 Å². The average Bonchev–Trinajstić information content (AvgIpc) is 3.10. The Bertz CT molecular complexity index is 919. The van der Waals surface area contributed by atoms with Gasteiger partial charge in [-0.25, -0.2) is 8.78 Å². The molecule has 0 radical (unpaired) electrons. The number of ether oxygens (including phenoxy) is 1. The van der Waals surface area contributed by atoms with Crippen molar-refractivity contribution in [2.45, 2.75) is 19.8 Å². The van der Waals surface area contributed by atoms with Crippen molar-refractivity contribution in [3.8, 4) is 17.2 Å². The van der Waals surface area contributed by atoms with E-state index in [2.05, 4.69) is 15.5 Å². The highest BCUT2D eigenvalue weighted by molar-refractivity contribution is 5.91. The second kappa shape index (κ2) is 7.94. The number of benzene rings is 2. The molecule has 0 aliphatic carbocycles. The summed E-state index contributed by atoms with van der Waals surface area (Å²) in [5.41, 5.74) is 0.746. The zero-order valence-corrected chi connectivity index (χ0v) is 14.7. The van der Waals surface area contributed by atoms with Gasteiger partial charge in [0.25, 0.3) is 11.8 Å². The molecule has 0 saturated carbocycles. The van der Waals surface area contributed by atoms with Crippen molar-refractivity contribution in [2.75, 3.05) is 11.9 Å². The van der Waals surface area contributed by atoms with Gasteiger partial charge >= 0.3 is 0 Å². The molecule has 1 aromatic heterocycles. The first-order chi connectivity index (χ1) is 12.9. The van der Waals surface area contributed by atoms with Crippen molar-refractivity contribution < 1.29 is 22.8 Å². The molecule has 0 bridgehead atoms. The summed E-state index contributed by atoms with van der Waals surface area (Å²) < 4.78 is 36.8. The third kappa shape index (κ3) is 4.87. The van der Waals surface area contributed by atoms with Crippen LogP contribution in [-0.2, 0) is 4.79 Å². The smallest absolute Gasteiger partial charge is 0.262 e. The highest BCUT2D eigenvalue weighted by atomic mass is 19.1. The number of amides is 1. The number of nitrogens with one attached hydrogen (secondary N) is 1. The number of hydrogen-bond donors (Lipinski definition) is 1. The lowest BCUT2D eigenvalue weighted by Crippen LogP contribution is -2.20. The molecular formula is C19H17F2N3O3. The summed E-state index contributed by atoms with van der Waals surface area (Å²) >= 11 is 0. The Morgan fingerprint density at radius 2 is 1.81 bits per heavy atom. The van der Waals surface area contributed by atoms with Crippen LogP contribution in [0.3, 0.4) is 0 Å². The monoisotopic (exact) mass is 373 g/mol. The van der Waals surface area contributed by atoms with Crippen LogP contribution in [0.25, 0.3) is 11.5 Å². The third-order valence-corrected chi connectivity index (χ3v) is 3.58. The van der Waals surface area contributed by atoms with Gasteiger partial charge in [0.1, 0.15) is 17.4 Å². The molecule has 6 nitrogen and oxygen atoms in total. The number of carbonyl (C=O) groups is 1. The van der Waals surface area contributed by atoms with Crippen LogP contribution in [0.15, 0.2) is 47.0 Å². The number of carbonyl (C=O) groups excluding carboxylic acids is 1. The van der Waals surface area contributed by atoms with Crippen LogP contribution in [-0.4, -0.2) is 22.7 Å². The van der Waals surface area contributed by atoms with Crippen LogP contribution in [0.2, 0.25) is 0 Å². The number of nitrogens with zero attached hydrogens (tertiary/aromatic N) is 2. The van der Waals surface area contributed by atoms with Gasteiger partial charge in [-0.1, -0.05) is 19.0 Å². The summed E-state index contributed by atoms with van der Waals surface area (Å²) in [6.45, 7) is 3.62. The van der Waals surface area contributed by atoms with Gasteiger partial charge in [-0.15, -0.1) is 0 Å². The Kier molecular flexibility index (Phi) is 5.44. The normalized spacial score (nSPS) is 10.9. The van der Waals surface area contributed by atoms with Crippen LogP contribution in [0.4, 0.5) is 14.5 Å². The summed E-state index contributed by atoms with van der Waals surface area (Å²) in [6.07, 6.45) is 0. The SMILES string of the molecule is CC(C)c1noc(-c2ccc(OCC(=O)Nc3cc(F)cc(F)c3)cc2)n1. The van der Waals surface area contributed by atoms with Crippen molar-refractivity contribution in [2.24, 2.45) is 0 Å². The summed E-state index contributed by atoms with van der Waals surface area (Å²) in [5, 5.41) is 6.27. The van der Waals surface area contributed by atoms with Crippen molar-refractivity contribution >= 4 is 11.6 Å². The van der Waals surface area contributed by atoms with Crippen LogP contribution in [0.1, 0.15) is 25.6 Å². The first kappa shape index (κ1) is 18.5. The molecule has 0 unspecified atom stereocenters. The summed E-state index contributed by atoms with van der Waals surface area (Å²) in [4.78, 5) is 16.2. The second-order valence-electron chi connectivity index (χ2n) is 6.13. The lowest BCUT2D eigenvalue weighted by Gasteiger charge is -2.08. The third-order valence-electron chi connectivity index (χ3n) is 3.58. The highest BCUT2D eigenvalue weighted by Crippen LogP contribution is 2.22. The van der Waals surface area contributed by atoms with Gasteiger partial charge in [0.15, 0.2) is 12.4 Å². The maximum Gasteiger partial charge on any atom is 0.262 e. The van der Waals surface area contributed by atoms with E-state index in [1.807, 2.05) is 13.8 Å². The fraction of sp³-hybridized carbons (Fsp3) is 0.211. The lowest BCUT2D eigenvalue weighted by molar-refractivity contribution is -0.118. The van der Waals surface area contributed by atoms with E-state index in [0.717, 1.165) is 23.8 Å². The minimum atomic E-state index is -0.775. The quantitative estimate of drug-likeness (QED) is 0.702. The van der Waals surface area contributed by atoms with Gasteiger partial charge in [0.05, 0.1) is 0 Å². The maximum absolute atomic E-state index is 13.1. The zero-order valence-electron chi connectivity index (χ0n) is 14.7. The van der Waals surface area contributed by atoms with Crippen molar-refractivity contribution in [1.29, 1.82) is 0 Å². The van der Waals surface area contributed by atoms with E-state index in [-0.39, 0.29) is 18.2 Å². The van der Waals surface area contributed by atoms with Gasteiger partial charge in [0.2, 0.25) is 0 Å². The molecule has 0 saturated heterocycles. The molecule has 1 N–H and O–H groups in total. The Morgan fingerprint density at radius 3 is 2.41 bits per heavy atom. The fourth-order valence-corrected chi connectivity index (χ4v) is 2.25. The molecule has 140 valence electrons. The Balaban J connectivity index is 1.57. The van der Waals surface area contributed by atoms with E-state index in [1.54, 1.807) is 24.3 Å². The van der Waals surface area contributed by atoms with Gasteiger partial charge in [-0.3, -0.25) is 4.79 Å². The number of hydrogen-bond acceptors (Lipinski definition) is 5. The first-order valence-electron chi connectivity index (χ1n) is 8.23. The minimum Gasteiger partial charge on any atom is -0.484 e. The molecule has 0 aliphatic rings. The Labute approximate surface area is 154 Å². The number of anilines is 1. The van der Waals surface area contributed by atoms with E-state index in [1.165, 1.54) is 0 Å². The number of halogens is 2. The molecule has 1 heterocycles. The van der Waals surface area contributed by atoms with Crippen molar-refractivity contribution in [1.82, 2.24) is 10.1 Å². The molecule has 27 heavy (non-hydrogen) atoms. The van der Waals surface area contributed by atoms with Crippen LogP contribution >= 0.6 is 0 Å². The maximum atomic E-state index is 13.1. The van der Waals surface area contributed by atoms with E-state index in [0.29, 0.717) is 17.5 Å². The van der Waals surface area contributed by atoms with Gasteiger partial charge < -0.3 is 14.6 Å². The van der Waals surface area contributed by atoms with E-state index in [9.17, 15) is 13.6 Å². The van der Waals surface area contributed by atoms with Gasteiger partial charge in [-0.2, -0.15) is 4.98 Å². The predicted octanol–water partition coefficient (Wildman–Crippen LogP) is 4.16. The molecule has 0 aliphatic heterocycles. The first-order valence-corrected chi connectivity index (χ1v) is 8.23. The Morgan fingerprint density at radius 1 is 1.15 bits per heavy atom. The van der Waals surface area contributed by atoms with Gasteiger partial charge in [0, 0.05) is 23.2 Å². The van der Waals surface area contributed by atoms with Crippen LogP contribution in [0, 0.1) is 11.6 Å². The second-order valence-corrected chi connectivity index (χ2v) is 6.13. The summed E-state index contributed by atoms with van der Waals surface area (Å²) in [7, 11) is 0. The minimum absolute atomic E-state index is 0.0220. The number of rotatable bonds is 6. The molecule has 3 aromatic rings. The van der Waals surface area contributed by atoms with Gasteiger partial charge in [-0.05, 0) is 36.4 Å². The molecule has 8 heteroatoms. The van der Waals surface area contributed by atoms with E-state index < -0.39 is 17.5 Å². The molecule has 2 aromatic carbocycles. The van der Waals surface area contributed by atoms with Crippen LogP contribution < -0.4 is 10.1 Å². The molecule has 1 amide bonds. The fourth-order valence-electron chi connectivity index (χ4n) is 2.25.